The van der Waals surface area contributed by atoms with E-state index in [-0.39, 0.29) is 43.3 Å². The van der Waals surface area contributed by atoms with Gasteiger partial charge in [-0.1, -0.05) is 11.6 Å². The molecule has 8 nitrogen and oxygen atoms in total. The number of hydrogen-bond acceptors (Lipinski definition) is 5. The van der Waals surface area contributed by atoms with Gasteiger partial charge in [0.05, 0.1) is 22.8 Å². The fourth-order valence-corrected chi connectivity index (χ4v) is 6.36. The maximum Gasteiger partial charge on any atom is 0.418 e. The molecular weight excluding hydrogens is 537 g/mol. The van der Waals surface area contributed by atoms with Crippen molar-refractivity contribution in [2.45, 2.75) is 56.0 Å². The predicted molar refractivity (Wildman–Crippen MR) is 138 cm³/mol. The predicted octanol–water partition coefficient (Wildman–Crippen LogP) is 4.28. The SMILES string of the molecule is O=C1NCc2cc(OCCN3CCC4(CC3)C(=O)Nc3ccc(Cl)cc34)cc(C(F)(F)F)c2N1C1CC(O)C1. The summed E-state index contributed by atoms with van der Waals surface area (Å²) in [6.45, 7) is 1.88. The lowest BCUT2D eigenvalue weighted by Crippen LogP contribution is -2.56. The molecule has 3 amide bonds. The molecule has 3 heterocycles. The molecule has 2 aromatic rings. The van der Waals surface area contributed by atoms with Crippen molar-refractivity contribution in [1.82, 2.24) is 10.2 Å². The zero-order valence-corrected chi connectivity index (χ0v) is 21.7. The van der Waals surface area contributed by atoms with E-state index in [1.807, 2.05) is 12.1 Å². The van der Waals surface area contributed by atoms with E-state index in [1.54, 1.807) is 12.1 Å². The molecule has 3 aliphatic heterocycles. The van der Waals surface area contributed by atoms with Crippen molar-refractivity contribution in [2.75, 3.05) is 36.5 Å². The molecule has 1 saturated heterocycles. The molecule has 1 spiro atoms. The molecule has 0 atom stereocenters. The minimum Gasteiger partial charge on any atom is -0.492 e. The number of benzene rings is 2. The molecule has 39 heavy (non-hydrogen) atoms. The van der Waals surface area contributed by atoms with Gasteiger partial charge in [0.2, 0.25) is 5.91 Å². The molecular formula is C27H28ClF3N4O4. The maximum absolute atomic E-state index is 14.1. The summed E-state index contributed by atoms with van der Waals surface area (Å²) in [7, 11) is 0. The Hall–Kier alpha value is -3.02. The second kappa shape index (κ2) is 9.57. The van der Waals surface area contributed by atoms with Crippen LogP contribution in [0.3, 0.4) is 0 Å². The minimum absolute atomic E-state index is 0.0260. The van der Waals surface area contributed by atoms with E-state index < -0.39 is 35.3 Å². The van der Waals surface area contributed by atoms with Crippen LogP contribution in [0.5, 0.6) is 5.75 Å². The van der Waals surface area contributed by atoms with E-state index in [2.05, 4.69) is 15.5 Å². The number of anilines is 2. The van der Waals surface area contributed by atoms with Gasteiger partial charge in [0.25, 0.3) is 0 Å². The average molecular weight is 565 g/mol. The van der Waals surface area contributed by atoms with Crippen LogP contribution in [0, 0.1) is 0 Å². The number of piperidine rings is 1. The fourth-order valence-electron chi connectivity index (χ4n) is 6.19. The summed E-state index contributed by atoms with van der Waals surface area (Å²) in [4.78, 5) is 28.6. The van der Waals surface area contributed by atoms with E-state index >= 15 is 0 Å². The van der Waals surface area contributed by atoms with Gasteiger partial charge in [-0.3, -0.25) is 14.6 Å². The van der Waals surface area contributed by atoms with Gasteiger partial charge in [0, 0.05) is 29.8 Å². The van der Waals surface area contributed by atoms with E-state index in [0.29, 0.717) is 43.1 Å². The minimum atomic E-state index is -4.69. The van der Waals surface area contributed by atoms with Crippen molar-refractivity contribution in [3.05, 3.63) is 52.0 Å². The number of hydrogen-bond donors (Lipinski definition) is 3. The molecule has 3 N–H and O–H groups in total. The van der Waals surface area contributed by atoms with E-state index in [9.17, 15) is 27.9 Å². The van der Waals surface area contributed by atoms with Gasteiger partial charge < -0.3 is 20.5 Å². The number of ether oxygens (including phenoxy) is 1. The molecule has 0 unspecified atom stereocenters. The second-order valence-electron chi connectivity index (χ2n) is 10.7. The van der Waals surface area contributed by atoms with Gasteiger partial charge in [-0.05, 0) is 80.2 Å². The fraction of sp³-hybridized carbons (Fsp3) is 0.481. The summed E-state index contributed by atoms with van der Waals surface area (Å²) in [5, 5.41) is 15.8. The highest BCUT2D eigenvalue weighted by Crippen LogP contribution is 2.47. The topological polar surface area (TPSA) is 94.1 Å². The van der Waals surface area contributed by atoms with Crippen LogP contribution in [0.2, 0.25) is 5.02 Å². The third kappa shape index (κ3) is 4.60. The number of nitrogens with zero attached hydrogens (tertiary/aromatic N) is 2. The lowest BCUT2D eigenvalue weighted by Gasteiger charge is -2.44. The molecule has 0 bridgehead atoms. The smallest absolute Gasteiger partial charge is 0.418 e. The summed E-state index contributed by atoms with van der Waals surface area (Å²) in [5.74, 6) is 0.0555. The van der Waals surface area contributed by atoms with Crippen LogP contribution in [0.15, 0.2) is 30.3 Å². The number of fused-ring (bicyclic) bond motifs is 3. The van der Waals surface area contributed by atoms with E-state index in [1.165, 1.54) is 0 Å². The zero-order chi connectivity index (χ0) is 27.5. The third-order valence-corrected chi connectivity index (χ3v) is 8.61. The number of halogens is 4. The Bertz CT molecular complexity index is 1320. The summed E-state index contributed by atoms with van der Waals surface area (Å²) in [6.07, 6.45) is -3.63. The van der Waals surface area contributed by atoms with Crippen LogP contribution < -0.4 is 20.3 Å². The number of nitrogens with one attached hydrogen (secondary N) is 2. The highest BCUT2D eigenvalue weighted by Gasteiger charge is 2.48. The van der Waals surface area contributed by atoms with Crippen molar-refractivity contribution in [3.63, 3.8) is 0 Å². The van der Waals surface area contributed by atoms with E-state index in [0.717, 1.165) is 22.2 Å². The molecule has 1 saturated carbocycles. The Morgan fingerprint density at radius 1 is 1.13 bits per heavy atom. The van der Waals surface area contributed by atoms with Crippen molar-refractivity contribution >= 4 is 34.9 Å². The van der Waals surface area contributed by atoms with Crippen LogP contribution in [0.25, 0.3) is 0 Å². The van der Waals surface area contributed by atoms with Gasteiger partial charge in [-0.15, -0.1) is 0 Å². The van der Waals surface area contributed by atoms with Gasteiger partial charge in [0.15, 0.2) is 0 Å². The first-order chi connectivity index (χ1) is 18.5. The summed E-state index contributed by atoms with van der Waals surface area (Å²) in [6, 6.07) is 6.83. The normalized spacial score (nSPS) is 24.1. The molecule has 208 valence electrons. The average Bonchev–Trinajstić information content (AvgIpc) is 3.13. The quantitative estimate of drug-likeness (QED) is 0.504. The Kier molecular flexibility index (Phi) is 6.43. The van der Waals surface area contributed by atoms with Crippen molar-refractivity contribution < 1.29 is 32.6 Å². The number of urea groups is 1. The number of likely N-dealkylation sites (tertiary alicyclic amines) is 1. The molecule has 1 aliphatic carbocycles. The number of alkyl halides is 3. The Morgan fingerprint density at radius 3 is 2.56 bits per heavy atom. The Morgan fingerprint density at radius 2 is 1.87 bits per heavy atom. The lowest BCUT2D eigenvalue weighted by molar-refractivity contribution is -0.137. The van der Waals surface area contributed by atoms with Crippen LogP contribution in [-0.4, -0.2) is 60.3 Å². The molecule has 12 heteroatoms. The number of aliphatic hydroxyl groups excluding tert-OH is 1. The summed E-state index contributed by atoms with van der Waals surface area (Å²) >= 11 is 6.19. The van der Waals surface area contributed by atoms with Gasteiger partial charge in [-0.2, -0.15) is 13.2 Å². The first kappa shape index (κ1) is 26.2. The first-order valence-corrected chi connectivity index (χ1v) is 13.4. The largest absolute Gasteiger partial charge is 0.492 e. The Balaban J connectivity index is 1.13. The zero-order valence-electron chi connectivity index (χ0n) is 21.0. The van der Waals surface area contributed by atoms with Crippen LogP contribution in [-0.2, 0) is 22.9 Å². The maximum atomic E-state index is 14.1. The van der Waals surface area contributed by atoms with Gasteiger partial charge in [0.1, 0.15) is 12.4 Å². The van der Waals surface area contributed by atoms with Gasteiger partial charge >= 0.3 is 12.2 Å². The third-order valence-electron chi connectivity index (χ3n) is 8.38. The molecule has 0 aromatic heterocycles. The molecule has 4 aliphatic rings. The second-order valence-corrected chi connectivity index (χ2v) is 11.1. The number of carbonyl (C=O) groups excluding carboxylic acids is 2. The number of carbonyl (C=O) groups is 2. The summed E-state index contributed by atoms with van der Waals surface area (Å²) < 4.78 is 48.2. The number of amides is 3. The molecule has 0 radical (unpaired) electrons. The first-order valence-electron chi connectivity index (χ1n) is 13.0. The van der Waals surface area contributed by atoms with Gasteiger partial charge in [-0.25, -0.2) is 4.79 Å². The highest BCUT2D eigenvalue weighted by molar-refractivity contribution is 6.31. The lowest BCUT2D eigenvalue weighted by atomic mass is 9.73. The van der Waals surface area contributed by atoms with Crippen LogP contribution >= 0.6 is 11.6 Å². The highest BCUT2D eigenvalue weighted by atomic mass is 35.5. The van der Waals surface area contributed by atoms with Crippen molar-refractivity contribution in [1.29, 1.82) is 0 Å². The van der Waals surface area contributed by atoms with Crippen molar-refractivity contribution in [2.24, 2.45) is 0 Å². The Labute approximate surface area is 228 Å². The van der Waals surface area contributed by atoms with Crippen LogP contribution in [0.1, 0.15) is 42.4 Å². The standard InChI is InChI=1S/C27H28ClF3N4O4/c28-16-1-2-22-20(10-16)26(24(37)33-22)3-5-34(6-4-26)7-8-39-19-9-15-14-32-25(38)35(17-11-18(36)12-17)23(15)21(13-19)27(29,30)31/h1-2,9-10,13,17-18,36H,3-8,11-12,14H2,(H,32,38)(H,33,37). The number of rotatable bonds is 5. The van der Waals surface area contributed by atoms with Crippen molar-refractivity contribution in [3.8, 4) is 5.75 Å². The monoisotopic (exact) mass is 564 g/mol. The number of aliphatic hydroxyl groups is 1. The van der Waals surface area contributed by atoms with Crippen LogP contribution in [0.4, 0.5) is 29.3 Å². The molecule has 2 fully saturated rings. The summed E-state index contributed by atoms with van der Waals surface area (Å²) in [5.41, 5.74) is 0.331. The van der Waals surface area contributed by atoms with E-state index in [4.69, 9.17) is 16.3 Å². The molecule has 2 aromatic carbocycles. The molecule has 6 rings (SSSR count).